The molecule has 1 heterocycles. The number of nitrogens with zero attached hydrogens (tertiary/aromatic N) is 1. The molecule has 6 nitrogen and oxygen atoms in total. The maximum atomic E-state index is 12.1. The van der Waals surface area contributed by atoms with Crippen LogP contribution in [0.25, 0.3) is 0 Å². The Morgan fingerprint density at radius 2 is 1.86 bits per heavy atom. The maximum Gasteiger partial charge on any atom is 0.191 e. The van der Waals surface area contributed by atoms with Gasteiger partial charge in [-0.15, -0.1) is 24.0 Å². The van der Waals surface area contributed by atoms with Gasteiger partial charge in [0.1, 0.15) is 0 Å². The molecule has 0 spiro atoms. The van der Waals surface area contributed by atoms with Gasteiger partial charge >= 0.3 is 0 Å². The number of hydrogen-bond acceptors (Lipinski definition) is 4. The molecule has 8 heteroatoms. The first-order valence-electron chi connectivity index (χ1n) is 7.24. The summed E-state index contributed by atoms with van der Waals surface area (Å²) in [6.45, 7) is 6.90. The molecule has 1 saturated heterocycles. The third kappa shape index (κ3) is 6.27. The van der Waals surface area contributed by atoms with Gasteiger partial charge in [-0.2, -0.15) is 0 Å². The van der Waals surface area contributed by atoms with Gasteiger partial charge in [0, 0.05) is 32.6 Å². The molecular weight excluding hydrogens is 405 g/mol. The van der Waals surface area contributed by atoms with Crippen LogP contribution in [0.15, 0.2) is 4.99 Å². The molecule has 0 aromatic rings. The molecule has 0 aromatic heterocycles. The van der Waals surface area contributed by atoms with Crippen molar-refractivity contribution in [1.82, 2.24) is 10.6 Å². The molecular formula is C13H28IN3O3S. The van der Waals surface area contributed by atoms with Crippen LogP contribution >= 0.6 is 24.0 Å². The zero-order valence-corrected chi connectivity index (χ0v) is 16.3. The highest BCUT2D eigenvalue weighted by molar-refractivity contribution is 14.0. The van der Waals surface area contributed by atoms with Crippen LogP contribution < -0.4 is 10.6 Å². The van der Waals surface area contributed by atoms with Crippen LogP contribution in [0.5, 0.6) is 0 Å². The molecule has 0 aromatic carbocycles. The molecule has 126 valence electrons. The van der Waals surface area contributed by atoms with Gasteiger partial charge in [0.2, 0.25) is 0 Å². The van der Waals surface area contributed by atoms with Crippen LogP contribution in [0.4, 0.5) is 0 Å². The third-order valence-corrected chi connectivity index (χ3v) is 5.71. The number of sulfone groups is 1. The molecule has 2 N–H and O–H groups in total. The summed E-state index contributed by atoms with van der Waals surface area (Å²) in [6, 6.07) is 0. The van der Waals surface area contributed by atoms with Crippen molar-refractivity contribution in [2.75, 3.05) is 39.1 Å². The molecule has 0 unspecified atom stereocenters. The zero-order chi connectivity index (χ0) is 15.1. The molecule has 1 aliphatic heterocycles. The molecule has 1 rings (SSSR count). The van der Waals surface area contributed by atoms with Crippen LogP contribution in [0.3, 0.4) is 0 Å². The largest absolute Gasteiger partial charge is 0.381 e. The van der Waals surface area contributed by atoms with E-state index in [0.717, 1.165) is 19.5 Å². The van der Waals surface area contributed by atoms with Gasteiger partial charge in [0.25, 0.3) is 0 Å². The van der Waals surface area contributed by atoms with E-state index in [1.807, 2.05) is 6.92 Å². The normalized spacial score (nSPS) is 18.7. The molecule has 0 aliphatic carbocycles. The lowest BCUT2D eigenvalue weighted by atomic mass is 9.99. The predicted octanol–water partition coefficient (Wildman–Crippen LogP) is 1.16. The van der Waals surface area contributed by atoms with Crippen molar-refractivity contribution in [2.24, 2.45) is 4.99 Å². The predicted molar refractivity (Wildman–Crippen MR) is 97.3 cm³/mol. The van der Waals surface area contributed by atoms with E-state index in [1.165, 1.54) is 6.26 Å². The molecule has 0 radical (unpaired) electrons. The highest BCUT2D eigenvalue weighted by atomic mass is 127. The molecule has 0 saturated carbocycles. The zero-order valence-electron chi connectivity index (χ0n) is 13.1. The fourth-order valence-electron chi connectivity index (χ4n) is 2.20. The van der Waals surface area contributed by atoms with Crippen LogP contribution in [0, 0.1) is 0 Å². The van der Waals surface area contributed by atoms with Gasteiger partial charge in [0.05, 0.1) is 11.3 Å². The minimum Gasteiger partial charge on any atom is -0.381 e. The minimum atomic E-state index is -3.16. The van der Waals surface area contributed by atoms with Crippen molar-refractivity contribution in [3.8, 4) is 0 Å². The molecule has 0 amide bonds. The number of rotatable bonds is 6. The third-order valence-electron chi connectivity index (χ3n) is 3.60. The summed E-state index contributed by atoms with van der Waals surface area (Å²) in [5.41, 5.74) is 0. The van der Waals surface area contributed by atoms with E-state index in [1.54, 1.807) is 0 Å². The van der Waals surface area contributed by atoms with Gasteiger partial charge in [-0.1, -0.05) is 6.92 Å². The molecule has 21 heavy (non-hydrogen) atoms. The molecule has 0 bridgehead atoms. The quantitative estimate of drug-likeness (QED) is 0.374. The Balaban J connectivity index is 0.00000400. The van der Waals surface area contributed by atoms with Gasteiger partial charge in [0.15, 0.2) is 15.8 Å². The molecule has 1 aliphatic rings. The summed E-state index contributed by atoms with van der Waals surface area (Å²) >= 11 is 0. The average Bonchev–Trinajstić information content (AvgIpc) is 2.42. The van der Waals surface area contributed by atoms with Gasteiger partial charge in [-0.05, 0) is 26.2 Å². The van der Waals surface area contributed by atoms with E-state index >= 15 is 0 Å². The number of ether oxygens (including phenoxy) is 1. The van der Waals surface area contributed by atoms with Gasteiger partial charge < -0.3 is 15.4 Å². The highest BCUT2D eigenvalue weighted by Gasteiger charge is 2.42. The van der Waals surface area contributed by atoms with Gasteiger partial charge in [-0.25, -0.2) is 8.42 Å². The van der Waals surface area contributed by atoms with Crippen molar-refractivity contribution in [3.05, 3.63) is 0 Å². The summed E-state index contributed by atoms with van der Waals surface area (Å²) in [5.74, 6) is 0.684. The topological polar surface area (TPSA) is 79.8 Å². The van der Waals surface area contributed by atoms with Crippen molar-refractivity contribution in [2.45, 2.75) is 37.9 Å². The Morgan fingerprint density at radius 3 is 2.33 bits per heavy atom. The lowest BCUT2D eigenvalue weighted by Gasteiger charge is -2.34. The van der Waals surface area contributed by atoms with E-state index in [2.05, 4.69) is 22.5 Å². The standard InChI is InChI=1S/C13H27N3O3S.HI/c1-4-8-15-12(14-5-2)16-11-13(20(3,17)18)6-9-19-10-7-13;/h4-11H2,1-3H3,(H2,14,15,16);1H. The fourth-order valence-corrected chi connectivity index (χ4v) is 3.41. The Hall–Kier alpha value is -0.0900. The smallest absolute Gasteiger partial charge is 0.191 e. The van der Waals surface area contributed by atoms with E-state index in [9.17, 15) is 8.42 Å². The number of halogens is 1. The number of hydrogen-bond donors (Lipinski definition) is 2. The van der Waals surface area contributed by atoms with Crippen LogP contribution in [0.2, 0.25) is 0 Å². The lowest BCUT2D eigenvalue weighted by Crippen LogP contribution is -2.47. The fraction of sp³-hybridized carbons (Fsp3) is 0.923. The summed E-state index contributed by atoms with van der Waals surface area (Å²) in [5, 5.41) is 6.33. The first kappa shape index (κ1) is 20.9. The van der Waals surface area contributed by atoms with Crippen LogP contribution in [-0.4, -0.2) is 58.2 Å². The SMILES string of the molecule is CCCNC(=NCC1(S(C)(=O)=O)CCOCC1)NCC.I. The van der Waals surface area contributed by atoms with Crippen LogP contribution in [0.1, 0.15) is 33.1 Å². The number of guanidine groups is 1. The van der Waals surface area contributed by atoms with Crippen molar-refractivity contribution >= 4 is 39.8 Å². The molecule has 1 fully saturated rings. The Kier molecular flexibility index (Phi) is 9.79. The van der Waals surface area contributed by atoms with E-state index in [-0.39, 0.29) is 30.5 Å². The second-order valence-electron chi connectivity index (χ2n) is 5.19. The second kappa shape index (κ2) is 9.83. The summed E-state index contributed by atoms with van der Waals surface area (Å²) in [7, 11) is -3.16. The van der Waals surface area contributed by atoms with Gasteiger partial charge in [-0.3, -0.25) is 4.99 Å². The Morgan fingerprint density at radius 1 is 1.24 bits per heavy atom. The van der Waals surface area contributed by atoms with Crippen molar-refractivity contribution in [3.63, 3.8) is 0 Å². The van der Waals surface area contributed by atoms with Crippen molar-refractivity contribution in [1.29, 1.82) is 0 Å². The summed E-state index contributed by atoms with van der Waals surface area (Å²) < 4.78 is 28.8. The monoisotopic (exact) mass is 433 g/mol. The summed E-state index contributed by atoms with van der Waals surface area (Å²) in [4.78, 5) is 4.47. The van der Waals surface area contributed by atoms with Crippen LogP contribution in [-0.2, 0) is 14.6 Å². The van der Waals surface area contributed by atoms with E-state index in [0.29, 0.717) is 32.0 Å². The summed E-state index contributed by atoms with van der Waals surface area (Å²) in [6.07, 6.45) is 3.33. The maximum absolute atomic E-state index is 12.1. The van der Waals surface area contributed by atoms with E-state index < -0.39 is 14.6 Å². The number of aliphatic imine (C=N–C) groups is 1. The highest BCUT2D eigenvalue weighted by Crippen LogP contribution is 2.29. The Labute approximate surface area is 145 Å². The van der Waals surface area contributed by atoms with E-state index in [4.69, 9.17) is 4.74 Å². The number of nitrogens with one attached hydrogen (secondary N) is 2. The average molecular weight is 433 g/mol. The van der Waals surface area contributed by atoms with Crippen molar-refractivity contribution < 1.29 is 13.2 Å². The molecule has 0 atom stereocenters. The Bertz CT molecular complexity index is 420. The first-order valence-corrected chi connectivity index (χ1v) is 9.14. The first-order chi connectivity index (χ1) is 9.45. The lowest BCUT2D eigenvalue weighted by molar-refractivity contribution is 0.0768. The second-order valence-corrected chi connectivity index (χ2v) is 7.60. The minimum absolute atomic E-state index is 0.